The van der Waals surface area contributed by atoms with Crippen LogP contribution in [-0.4, -0.2) is 26.0 Å². The van der Waals surface area contributed by atoms with E-state index in [-0.39, 0.29) is 23.2 Å². The van der Waals surface area contributed by atoms with E-state index in [9.17, 15) is 12.8 Å². The fourth-order valence-corrected chi connectivity index (χ4v) is 3.58. The summed E-state index contributed by atoms with van der Waals surface area (Å²) in [6, 6.07) is 4.43. The van der Waals surface area contributed by atoms with Crippen molar-refractivity contribution in [3.8, 4) is 0 Å². The lowest BCUT2D eigenvalue weighted by atomic mass is 10.1. The van der Waals surface area contributed by atoms with Crippen molar-refractivity contribution in [1.82, 2.24) is 0 Å². The van der Waals surface area contributed by atoms with Crippen LogP contribution >= 0.6 is 11.6 Å². The van der Waals surface area contributed by atoms with E-state index in [1.807, 2.05) is 0 Å². The number of hydrogen-bond donors (Lipinski definition) is 1. The van der Waals surface area contributed by atoms with Crippen LogP contribution in [0.25, 0.3) is 0 Å². The molecule has 1 aliphatic rings. The van der Waals surface area contributed by atoms with Gasteiger partial charge in [0.05, 0.1) is 22.2 Å². The Balaban J connectivity index is 2.08. The number of hydrogen-bond acceptors (Lipinski definition) is 3. The highest BCUT2D eigenvalue weighted by atomic mass is 35.5. The van der Waals surface area contributed by atoms with E-state index in [1.54, 1.807) is 6.07 Å². The van der Waals surface area contributed by atoms with Gasteiger partial charge in [0.25, 0.3) is 0 Å². The molecule has 0 aliphatic carbocycles. The summed E-state index contributed by atoms with van der Waals surface area (Å²) in [7, 11) is -2.89. The molecule has 2 rings (SSSR count). The second-order valence-corrected chi connectivity index (χ2v) is 6.88. The average molecular weight is 278 g/mol. The third-order valence-electron chi connectivity index (χ3n) is 2.87. The van der Waals surface area contributed by atoms with Gasteiger partial charge in [0.2, 0.25) is 0 Å². The Kier molecular flexibility index (Phi) is 3.58. The third kappa shape index (κ3) is 3.10. The van der Waals surface area contributed by atoms with Gasteiger partial charge in [-0.05, 0) is 25.0 Å². The SMILES string of the molecule is O=S1(=O)CCC(Nc2c(F)cccc2Cl)CC1. The van der Waals surface area contributed by atoms with Gasteiger partial charge in [-0.2, -0.15) is 0 Å². The Morgan fingerprint density at radius 3 is 2.53 bits per heavy atom. The first kappa shape index (κ1) is 12.6. The number of sulfone groups is 1. The zero-order valence-corrected chi connectivity index (χ0v) is 10.7. The largest absolute Gasteiger partial charge is 0.379 e. The normalized spacial score (nSPS) is 20.1. The Bertz CT molecular complexity index is 484. The fraction of sp³-hybridized carbons (Fsp3) is 0.455. The lowest BCUT2D eigenvalue weighted by Crippen LogP contribution is -2.32. The van der Waals surface area contributed by atoms with Crippen molar-refractivity contribution in [2.45, 2.75) is 18.9 Å². The summed E-state index contributed by atoms with van der Waals surface area (Å²) in [5.41, 5.74) is 0.262. The van der Waals surface area contributed by atoms with E-state index in [0.29, 0.717) is 17.9 Å². The van der Waals surface area contributed by atoms with Gasteiger partial charge < -0.3 is 5.32 Å². The fourth-order valence-electron chi connectivity index (χ4n) is 1.87. The van der Waals surface area contributed by atoms with Crippen LogP contribution in [0, 0.1) is 5.82 Å². The van der Waals surface area contributed by atoms with Gasteiger partial charge in [-0.3, -0.25) is 0 Å². The highest BCUT2D eigenvalue weighted by Crippen LogP contribution is 2.27. The molecule has 0 bridgehead atoms. The van der Waals surface area contributed by atoms with Crippen LogP contribution in [0.2, 0.25) is 5.02 Å². The van der Waals surface area contributed by atoms with Crippen LogP contribution in [0.1, 0.15) is 12.8 Å². The Labute approximate surface area is 105 Å². The maximum atomic E-state index is 13.5. The summed E-state index contributed by atoms with van der Waals surface area (Å²) in [6.07, 6.45) is 0.986. The van der Waals surface area contributed by atoms with Crippen molar-refractivity contribution >= 4 is 27.1 Å². The van der Waals surface area contributed by atoms with E-state index in [4.69, 9.17) is 11.6 Å². The van der Waals surface area contributed by atoms with Crippen LogP contribution in [0.4, 0.5) is 10.1 Å². The maximum Gasteiger partial charge on any atom is 0.150 e. The van der Waals surface area contributed by atoms with Crippen molar-refractivity contribution in [2.24, 2.45) is 0 Å². The zero-order chi connectivity index (χ0) is 12.5. The van der Waals surface area contributed by atoms with E-state index in [1.165, 1.54) is 12.1 Å². The smallest absolute Gasteiger partial charge is 0.150 e. The van der Waals surface area contributed by atoms with Gasteiger partial charge in [-0.15, -0.1) is 0 Å². The molecule has 0 atom stereocenters. The first-order valence-electron chi connectivity index (χ1n) is 5.39. The molecule has 0 aromatic heterocycles. The lowest BCUT2D eigenvalue weighted by molar-refractivity contribution is 0.557. The van der Waals surface area contributed by atoms with E-state index >= 15 is 0 Å². The zero-order valence-electron chi connectivity index (χ0n) is 9.12. The molecule has 0 unspecified atom stereocenters. The molecular formula is C11H13ClFNO2S. The van der Waals surface area contributed by atoms with E-state index in [2.05, 4.69) is 5.32 Å². The molecule has 0 saturated carbocycles. The summed E-state index contributed by atoms with van der Waals surface area (Å²) in [4.78, 5) is 0. The number of anilines is 1. The lowest BCUT2D eigenvalue weighted by Gasteiger charge is -2.24. The molecule has 0 radical (unpaired) electrons. The second-order valence-electron chi connectivity index (χ2n) is 4.17. The summed E-state index contributed by atoms with van der Waals surface area (Å²) in [6.45, 7) is 0. The van der Waals surface area contributed by atoms with E-state index in [0.717, 1.165) is 0 Å². The van der Waals surface area contributed by atoms with Crippen molar-refractivity contribution in [3.05, 3.63) is 29.0 Å². The molecule has 0 amide bonds. The monoisotopic (exact) mass is 277 g/mol. The number of para-hydroxylation sites is 1. The number of benzene rings is 1. The molecule has 1 N–H and O–H groups in total. The topological polar surface area (TPSA) is 46.2 Å². The number of rotatable bonds is 2. The van der Waals surface area contributed by atoms with Crippen LogP contribution in [0.3, 0.4) is 0 Å². The first-order valence-corrected chi connectivity index (χ1v) is 7.59. The van der Waals surface area contributed by atoms with Crippen molar-refractivity contribution in [2.75, 3.05) is 16.8 Å². The van der Waals surface area contributed by atoms with Crippen molar-refractivity contribution < 1.29 is 12.8 Å². The van der Waals surface area contributed by atoms with Crippen molar-refractivity contribution in [1.29, 1.82) is 0 Å². The molecule has 0 spiro atoms. The third-order valence-corrected chi connectivity index (χ3v) is 4.90. The predicted octanol–water partition coefficient (Wildman–Crippen LogP) is 2.47. The second kappa shape index (κ2) is 4.82. The summed E-state index contributed by atoms with van der Waals surface area (Å²) >= 11 is 5.88. The van der Waals surface area contributed by atoms with E-state index < -0.39 is 15.7 Å². The molecule has 3 nitrogen and oxygen atoms in total. The molecule has 1 heterocycles. The summed E-state index contributed by atoms with van der Waals surface area (Å²) in [5, 5.41) is 3.30. The van der Waals surface area contributed by atoms with Crippen LogP contribution in [-0.2, 0) is 9.84 Å². The molecular weight excluding hydrogens is 265 g/mol. The Hall–Kier alpha value is -0.810. The minimum Gasteiger partial charge on any atom is -0.379 e. The minimum absolute atomic E-state index is 0.0343. The summed E-state index contributed by atoms with van der Waals surface area (Å²) in [5.74, 6) is -0.112. The minimum atomic E-state index is -2.89. The van der Waals surface area contributed by atoms with Gasteiger partial charge in [0, 0.05) is 6.04 Å². The quantitative estimate of drug-likeness (QED) is 0.903. The highest BCUT2D eigenvalue weighted by molar-refractivity contribution is 7.91. The molecule has 1 aromatic carbocycles. The van der Waals surface area contributed by atoms with Gasteiger partial charge in [0.15, 0.2) is 0 Å². The van der Waals surface area contributed by atoms with Crippen LogP contribution in [0.5, 0.6) is 0 Å². The standard InChI is InChI=1S/C11H13ClFNO2S/c12-9-2-1-3-10(13)11(9)14-8-4-6-17(15,16)7-5-8/h1-3,8,14H,4-7H2. The van der Waals surface area contributed by atoms with Gasteiger partial charge >= 0.3 is 0 Å². The maximum absolute atomic E-state index is 13.5. The van der Waals surface area contributed by atoms with Gasteiger partial charge in [0.1, 0.15) is 15.7 Å². The molecule has 94 valence electrons. The predicted molar refractivity (Wildman–Crippen MR) is 66.7 cm³/mol. The molecule has 1 aliphatic heterocycles. The molecule has 1 saturated heterocycles. The molecule has 1 aromatic rings. The van der Waals surface area contributed by atoms with Crippen molar-refractivity contribution in [3.63, 3.8) is 0 Å². The molecule has 6 heteroatoms. The summed E-state index contributed by atoms with van der Waals surface area (Å²) < 4.78 is 36.0. The number of halogens is 2. The molecule has 17 heavy (non-hydrogen) atoms. The number of nitrogens with one attached hydrogen (secondary N) is 1. The first-order chi connectivity index (χ1) is 7.98. The average Bonchev–Trinajstić information content (AvgIpc) is 2.26. The Morgan fingerprint density at radius 2 is 1.94 bits per heavy atom. The highest BCUT2D eigenvalue weighted by Gasteiger charge is 2.24. The molecule has 1 fully saturated rings. The van der Waals surface area contributed by atoms with Crippen LogP contribution in [0.15, 0.2) is 18.2 Å². The van der Waals surface area contributed by atoms with Gasteiger partial charge in [-0.1, -0.05) is 17.7 Å². The Morgan fingerprint density at radius 1 is 1.29 bits per heavy atom. The van der Waals surface area contributed by atoms with Crippen LogP contribution < -0.4 is 5.32 Å². The van der Waals surface area contributed by atoms with Gasteiger partial charge in [-0.25, -0.2) is 12.8 Å².